The highest BCUT2D eigenvalue weighted by Gasteiger charge is 2.68. The molecule has 0 radical (unpaired) electrons. The van der Waals surface area contributed by atoms with Crippen LogP contribution in [-0.4, -0.2) is 23.9 Å². The fourth-order valence-electron chi connectivity index (χ4n) is 1.10. The third-order valence-corrected chi connectivity index (χ3v) is 2.59. The SMILES string of the molecule is O=C(Oc1cccc(Br)c1)C([O-])(C(F)(F)F)C(F)(F)F. The predicted molar refractivity (Wildman–Crippen MR) is 54.6 cm³/mol. The van der Waals surface area contributed by atoms with E-state index in [0.717, 1.165) is 12.1 Å². The normalized spacial score (nSPS) is 13.2. The Morgan fingerprint density at radius 3 is 2.00 bits per heavy atom. The van der Waals surface area contributed by atoms with Gasteiger partial charge < -0.3 is 9.84 Å². The Hall–Kier alpha value is -1.29. The summed E-state index contributed by atoms with van der Waals surface area (Å²) in [6.07, 6.45) is -12.8. The molecule has 0 atom stereocenters. The molecule has 0 amide bonds. The van der Waals surface area contributed by atoms with E-state index < -0.39 is 29.7 Å². The maximum atomic E-state index is 12.3. The van der Waals surface area contributed by atoms with E-state index in [1.165, 1.54) is 12.1 Å². The zero-order chi connectivity index (χ0) is 15.8. The Balaban J connectivity index is 3.15. The van der Waals surface area contributed by atoms with Crippen molar-refractivity contribution in [3.63, 3.8) is 0 Å². The molecule has 10 heteroatoms. The van der Waals surface area contributed by atoms with E-state index in [2.05, 4.69) is 20.7 Å². The van der Waals surface area contributed by atoms with Crippen LogP contribution >= 0.6 is 15.9 Å². The van der Waals surface area contributed by atoms with E-state index in [-0.39, 0.29) is 4.47 Å². The smallest absolute Gasteiger partial charge is 0.399 e. The molecule has 0 saturated carbocycles. The molecule has 0 fully saturated rings. The first-order valence-corrected chi connectivity index (χ1v) is 5.50. The number of esters is 1. The van der Waals surface area contributed by atoms with Crippen molar-refractivity contribution >= 4 is 21.9 Å². The number of carbonyl (C=O) groups is 1. The van der Waals surface area contributed by atoms with Gasteiger partial charge >= 0.3 is 18.3 Å². The minimum absolute atomic E-state index is 0.235. The van der Waals surface area contributed by atoms with Crippen LogP contribution in [-0.2, 0) is 4.79 Å². The van der Waals surface area contributed by atoms with E-state index in [4.69, 9.17) is 0 Å². The van der Waals surface area contributed by atoms with Gasteiger partial charge in [0.25, 0.3) is 0 Å². The van der Waals surface area contributed by atoms with Gasteiger partial charge in [0.2, 0.25) is 0 Å². The van der Waals surface area contributed by atoms with Crippen LogP contribution in [0, 0.1) is 0 Å². The van der Waals surface area contributed by atoms with E-state index in [1.54, 1.807) is 0 Å². The molecule has 0 bridgehead atoms. The highest BCUT2D eigenvalue weighted by Crippen LogP contribution is 2.41. The molecule has 112 valence electrons. The molecule has 1 aromatic rings. The molecule has 3 nitrogen and oxygen atoms in total. The van der Waals surface area contributed by atoms with Crippen LogP contribution in [0.15, 0.2) is 28.7 Å². The lowest BCUT2D eigenvalue weighted by Crippen LogP contribution is -2.72. The summed E-state index contributed by atoms with van der Waals surface area (Å²) in [5.74, 6) is -3.62. The predicted octanol–water partition coefficient (Wildman–Crippen LogP) is 2.58. The summed E-state index contributed by atoms with van der Waals surface area (Å²) >= 11 is 2.87. The molecule has 0 aromatic heterocycles. The molecular formula is C10H4BrF6O3-. The number of rotatable bonds is 2. The summed E-state index contributed by atoms with van der Waals surface area (Å²) in [5.41, 5.74) is -5.84. The highest BCUT2D eigenvalue weighted by atomic mass is 79.9. The van der Waals surface area contributed by atoms with E-state index in [0.29, 0.717) is 0 Å². The zero-order valence-electron chi connectivity index (χ0n) is 9.18. The summed E-state index contributed by atoms with van der Waals surface area (Å²) in [5, 5.41) is 11.0. The van der Waals surface area contributed by atoms with Gasteiger partial charge in [0.15, 0.2) is 5.60 Å². The highest BCUT2D eigenvalue weighted by molar-refractivity contribution is 9.10. The first-order chi connectivity index (χ1) is 8.89. The number of hydrogen-bond donors (Lipinski definition) is 0. The summed E-state index contributed by atoms with van der Waals surface area (Å²) < 4.78 is 77.9. The molecule has 0 aliphatic rings. The summed E-state index contributed by atoms with van der Waals surface area (Å²) in [6.45, 7) is 0. The standard InChI is InChI=1S/C10H4BrF6O3/c11-5-2-1-3-6(4-5)20-7(18)8(19,9(12,13)14)10(15,16)17/h1-4H/q-1. The van der Waals surface area contributed by atoms with Gasteiger partial charge in [0.05, 0.1) is 0 Å². The van der Waals surface area contributed by atoms with Gasteiger partial charge in [-0.1, -0.05) is 22.0 Å². The second-order valence-corrected chi connectivity index (χ2v) is 4.44. The molecule has 0 unspecified atom stereocenters. The van der Waals surface area contributed by atoms with Crippen LogP contribution in [0.5, 0.6) is 5.75 Å². The molecule has 0 aliphatic carbocycles. The van der Waals surface area contributed by atoms with Crippen molar-refractivity contribution in [3.8, 4) is 5.75 Å². The lowest BCUT2D eigenvalue weighted by Gasteiger charge is -2.39. The van der Waals surface area contributed by atoms with Crippen molar-refractivity contribution in [2.24, 2.45) is 0 Å². The third kappa shape index (κ3) is 3.06. The number of ether oxygens (including phenoxy) is 1. The van der Waals surface area contributed by atoms with Crippen molar-refractivity contribution < 1.29 is 41.0 Å². The van der Waals surface area contributed by atoms with E-state index >= 15 is 0 Å². The van der Waals surface area contributed by atoms with Gasteiger partial charge in [-0.05, 0) is 18.2 Å². The van der Waals surface area contributed by atoms with Gasteiger partial charge in [-0.2, -0.15) is 26.3 Å². The lowest BCUT2D eigenvalue weighted by atomic mass is 10.0. The second kappa shape index (κ2) is 5.24. The summed E-state index contributed by atoms with van der Waals surface area (Å²) in [4.78, 5) is 11.0. The largest absolute Gasteiger partial charge is 0.828 e. The first-order valence-electron chi connectivity index (χ1n) is 4.71. The van der Waals surface area contributed by atoms with Gasteiger partial charge in [-0.25, -0.2) is 0 Å². The lowest BCUT2D eigenvalue weighted by molar-refractivity contribution is -0.573. The molecule has 1 aromatic carbocycles. The van der Waals surface area contributed by atoms with Crippen LogP contribution in [0.4, 0.5) is 26.3 Å². The minimum Gasteiger partial charge on any atom is -0.828 e. The van der Waals surface area contributed by atoms with Crippen molar-refractivity contribution in [1.82, 2.24) is 0 Å². The minimum atomic E-state index is -6.38. The molecule has 20 heavy (non-hydrogen) atoms. The Kier molecular flexibility index (Phi) is 4.39. The molecule has 0 heterocycles. The maximum absolute atomic E-state index is 12.3. The molecule has 0 aliphatic heterocycles. The molecule has 0 saturated heterocycles. The van der Waals surface area contributed by atoms with Crippen LogP contribution in [0.2, 0.25) is 0 Å². The van der Waals surface area contributed by atoms with Crippen molar-refractivity contribution in [3.05, 3.63) is 28.7 Å². The maximum Gasteiger partial charge on any atom is 0.399 e. The Morgan fingerprint density at radius 2 is 1.60 bits per heavy atom. The molecular weight excluding hydrogens is 362 g/mol. The van der Waals surface area contributed by atoms with Gasteiger partial charge in [0, 0.05) is 4.47 Å². The van der Waals surface area contributed by atoms with Crippen LogP contribution in [0.1, 0.15) is 0 Å². The number of hydrogen-bond acceptors (Lipinski definition) is 3. The van der Waals surface area contributed by atoms with Crippen molar-refractivity contribution in [1.29, 1.82) is 0 Å². The van der Waals surface area contributed by atoms with Crippen LogP contribution < -0.4 is 9.84 Å². The Morgan fingerprint density at radius 1 is 1.10 bits per heavy atom. The summed E-state index contributed by atoms with van der Waals surface area (Å²) in [6, 6.07) is 4.44. The van der Waals surface area contributed by atoms with E-state index in [9.17, 15) is 36.2 Å². The third-order valence-electron chi connectivity index (χ3n) is 2.09. The van der Waals surface area contributed by atoms with Crippen molar-refractivity contribution in [2.45, 2.75) is 18.0 Å². The quantitative estimate of drug-likeness (QED) is 0.459. The fraction of sp³-hybridized carbons (Fsp3) is 0.300. The number of benzene rings is 1. The molecule has 0 spiro atoms. The van der Waals surface area contributed by atoms with Gasteiger partial charge in [-0.3, -0.25) is 4.79 Å². The average molecular weight is 366 g/mol. The summed E-state index contributed by atoms with van der Waals surface area (Å²) in [7, 11) is 0. The van der Waals surface area contributed by atoms with Gasteiger partial charge in [-0.15, -0.1) is 0 Å². The Labute approximate surface area is 116 Å². The van der Waals surface area contributed by atoms with Crippen LogP contribution in [0.25, 0.3) is 0 Å². The monoisotopic (exact) mass is 365 g/mol. The molecule has 1 rings (SSSR count). The molecule has 0 N–H and O–H groups in total. The Bertz CT molecular complexity index is 496. The average Bonchev–Trinajstić information content (AvgIpc) is 2.24. The topological polar surface area (TPSA) is 49.4 Å². The number of halogens is 7. The fourth-order valence-corrected chi connectivity index (χ4v) is 1.48. The number of carbonyl (C=O) groups excluding carboxylic acids is 1. The number of alkyl halides is 6. The second-order valence-electron chi connectivity index (χ2n) is 3.52. The first kappa shape index (κ1) is 16.8. The zero-order valence-corrected chi connectivity index (χ0v) is 10.8. The van der Waals surface area contributed by atoms with E-state index in [1.807, 2.05) is 0 Å². The van der Waals surface area contributed by atoms with Gasteiger partial charge in [0.1, 0.15) is 5.75 Å². The van der Waals surface area contributed by atoms with Crippen LogP contribution in [0.3, 0.4) is 0 Å². The van der Waals surface area contributed by atoms with Crippen molar-refractivity contribution in [2.75, 3.05) is 0 Å².